The number of amides is 2. The lowest BCUT2D eigenvalue weighted by Crippen LogP contribution is -2.39. The summed E-state index contributed by atoms with van der Waals surface area (Å²) in [5, 5.41) is -1.34. The first-order chi connectivity index (χ1) is 7.92. The number of nitrogens with one attached hydrogen (secondary N) is 1. The van der Waals surface area contributed by atoms with Crippen LogP contribution < -0.4 is 10.5 Å². The summed E-state index contributed by atoms with van der Waals surface area (Å²) < 4.78 is 25.2. The van der Waals surface area contributed by atoms with Crippen LogP contribution in [0.3, 0.4) is 0 Å². The summed E-state index contributed by atoms with van der Waals surface area (Å²) in [5.41, 5.74) is 5.84. The van der Waals surface area contributed by atoms with Crippen molar-refractivity contribution in [3.8, 4) is 0 Å². The molecule has 1 aliphatic carbocycles. The lowest BCUT2D eigenvalue weighted by Gasteiger charge is -2.11. The third-order valence-corrected chi connectivity index (χ3v) is 4.17. The lowest BCUT2D eigenvalue weighted by atomic mass is 10.1. The number of carbonyl (C=O) groups is 2. The van der Waals surface area contributed by atoms with Crippen LogP contribution >= 0.6 is 0 Å². The van der Waals surface area contributed by atoms with Gasteiger partial charge in [0.2, 0.25) is 0 Å². The molecule has 3 N–H and O–H groups in total. The number of fused-ring (bicyclic) bond motifs is 1. The Labute approximate surface area is 97.9 Å². The molecule has 1 atom stereocenters. The second kappa shape index (κ2) is 3.85. The highest BCUT2D eigenvalue weighted by Crippen LogP contribution is 2.33. The Kier molecular flexibility index (Phi) is 2.62. The van der Waals surface area contributed by atoms with Crippen molar-refractivity contribution >= 4 is 21.8 Å². The van der Waals surface area contributed by atoms with Gasteiger partial charge in [0, 0.05) is 6.42 Å². The van der Waals surface area contributed by atoms with Crippen LogP contribution in [0.1, 0.15) is 16.4 Å². The number of rotatable bonds is 2. The predicted molar refractivity (Wildman–Crippen MR) is 59.5 cm³/mol. The molecule has 0 aliphatic heterocycles. The summed E-state index contributed by atoms with van der Waals surface area (Å²) >= 11 is 0. The summed E-state index contributed by atoms with van der Waals surface area (Å²) in [7, 11) is -4.10. The average Bonchev–Trinajstić information content (AvgIpc) is 2.51. The van der Waals surface area contributed by atoms with E-state index in [9.17, 15) is 18.0 Å². The van der Waals surface area contributed by atoms with Gasteiger partial charge in [-0.05, 0) is 11.1 Å². The number of hydrogen-bond acceptors (Lipinski definition) is 4. The molecule has 1 aromatic carbocycles. The fourth-order valence-electron chi connectivity index (χ4n) is 1.94. The third kappa shape index (κ3) is 2.01. The highest BCUT2D eigenvalue weighted by atomic mass is 32.2. The van der Waals surface area contributed by atoms with Crippen LogP contribution in [0.15, 0.2) is 24.3 Å². The SMILES string of the molecule is NC(=O)NS(=O)(=O)C1C(=O)Cc2ccccc21. The van der Waals surface area contributed by atoms with Crippen LogP contribution in [0, 0.1) is 0 Å². The van der Waals surface area contributed by atoms with E-state index in [1.807, 2.05) is 0 Å². The van der Waals surface area contributed by atoms with E-state index in [1.54, 1.807) is 29.0 Å². The number of Topliss-reactive ketones (excluding diaryl/α,β-unsaturated/α-hetero) is 1. The Bertz CT molecular complexity index is 594. The number of hydrogen-bond donors (Lipinski definition) is 2. The van der Waals surface area contributed by atoms with Gasteiger partial charge in [-0.25, -0.2) is 17.9 Å². The van der Waals surface area contributed by atoms with E-state index in [0.717, 1.165) is 0 Å². The molecule has 7 heteroatoms. The molecule has 0 saturated carbocycles. The fraction of sp³-hybridized carbons (Fsp3) is 0.200. The first-order valence-electron chi connectivity index (χ1n) is 4.83. The van der Waals surface area contributed by atoms with Crippen molar-refractivity contribution in [2.75, 3.05) is 0 Å². The second-order valence-corrected chi connectivity index (χ2v) is 5.50. The second-order valence-electron chi connectivity index (χ2n) is 3.73. The zero-order valence-electron chi connectivity index (χ0n) is 8.71. The molecule has 1 aliphatic rings. The average molecular weight is 254 g/mol. The normalized spacial score (nSPS) is 18.8. The predicted octanol–water partition coefficient (Wildman–Crippen LogP) is -0.149. The first kappa shape index (κ1) is 11.6. The van der Waals surface area contributed by atoms with Crippen molar-refractivity contribution in [1.29, 1.82) is 0 Å². The first-order valence-corrected chi connectivity index (χ1v) is 6.38. The third-order valence-electron chi connectivity index (χ3n) is 2.55. The van der Waals surface area contributed by atoms with Crippen molar-refractivity contribution in [2.24, 2.45) is 5.73 Å². The molecule has 0 spiro atoms. The van der Waals surface area contributed by atoms with Gasteiger partial charge in [0.15, 0.2) is 11.0 Å². The van der Waals surface area contributed by atoms with Crippen molar-refractivity contribution < 1.29 is 18.0 Å². The monoisotopic (exact) mass is 254 g/mol. The Morgan fingerprint density at radius 3 is 2.65 bits per heavy atom. The molecule has 17 heavy (non-hydrogen) atoms. The van der Waals surface area contributed by atoms with Gasteiger partial charge < -0.3 is 5.73 Å². The van der Waals surface area contributed by atoms with E-state index in [4.69, 9.17) is 5.73 Å². The molecule has 0 saturated heterocycles. The Morgan fingerprint density at radius 1 is 1.35 bits per heavy atom. The van der Waals surface area contributed by atoms with Gasteiger partial charge in [0.1, 0.15) is 0 Å². The van der Waals surface area contributed by atoms with Gasteiger partial charge in [-0.3, -0.25) is 4.79 Å². The van der Waals surface area contributed by atoms with Crippen LogP contribution in [-0.4, -0.2) is 20.2 Å². The minimum atomic E-state index is -4.10. The van der Waals surface area contributed by atoms with Crippen molar-refractivity contribution in [1.82, 2.24) is 4.72 Å². The fourth-order valence-corrected chi connectivity index (χ4v) is 3.34. The maximum absolute atomic E-state index is 11.8. The largest absolute Gasteiger partial charge is 0.351 e. The van der Waals surface area contributed by atoms with Gasteiger partial charge in [0.25, 0.3) is 10.0 Å². The molecule has 0 heterocycles. The Balaban J connectivity index is 2.47. The molecule has 1 aromatic rings. The van der Waals surface area contributed by atoms with E-state index in [-0.39, 0.29) is 6.42 Å². The molecule has 1 unspecified atom stereocenters. The van der Waals surface area contributed by atoms with Crippen LogP contribution in [0.4, 0.5) is 4.79 Å². The number of urea groups is 1. The molecule has 90 valence electrons. The number of carbonyl (C=O) groups excluding carboxylic acids is 2. The zero-order valence-corrected chi connectivity index (χ0v) is 9.53. The summed E-state index contributed by atoms with van der Waals surface area (Å²) in [4.78, 5) is 22.3. The van der Waals surface area contributed by atoms with Gasteiger partial charge in [0.05, 0.1) is 0 Å². The smallest absolute Gasteiger partial charge is 0.325 e. The summed E-state index contributed by atoms with van der Waals surface area (Å²) in [5.74, 6) is -0.458. The number of primary amides is 1. The summed E-state index contributed by atoms with van der Waals surface area (Å²) in [6, 6.07) is 5.42. The minimum absolute atomic E-state index is 0.0561. The molecule has 0 aromatic heterocycles. The summed E-state index contributed by atoms with van der Waals surface area (Å²) in [6.07, 6.45) is 0.0561. The van der Waals surface area contributed by atoms with Gasteiger partial charge in [-0.2, -0.15) is 0 Å². The maximum atomic E-state index is 11.8. The topological polar surface area (TPSA) is 106 Å². The molecule has 2 amide bonds. The highest BCUT2D eigenvalue weighted by Gasteiger charge is 2.40. The quantitative estimate of drug-likeness (QED) is 0.765. The standard InChI is InChI=1S/C10H10N2O4S/c11-10(14)12-17(15,16)9-7-4-2-1-3-6(7)5-8(9)13/h1-4,9H,5H2,(H3,11,12,14). The molecule has 0 bridgehead atoms. The van der Waals surface area contributed by atoms with Crippen LogP contribution in [0.2, 0.25) is 0 Å². The van der Waals surface area contributed by atoms with Crippen LogP contribution in [0.5, 0.6) is 0 Å². The zero-order chi connectivity index (χ0) is 12.6. The molecule has 2 rings (SSSR count). The van der Waals surface area contributed by atoms with E-state index in [2.05, 4.69) is 0 Å². The van der Waals surface area contributed by atoms with Crippen molar-refractivity contribution in [3.63, 3.8) is 0 Å². The molecule has 0 fully saturated rings. The number of benzene rings is 1. The summed E-state index contributed by atoms with van der Waals surface area (Å²) in [6.45, 7) is 0. The van der Waals surface area contributed by atoms with E-state index in [1.165, 1.54) is 0 Å². The Morgan fingerprint density at radius 2 is 2.00 bits per heavy atom. The van der Waals surface area contributed by atoms with E-state index in [0.29, 0.717) is 11.1 Å². The number of nitrogens with two attached hydrogens (primary N) is 1. The Hall–Kier alpha value is -1.89. The number of sulfonamides is 1. The highest BCUT2D eigenvalue weighted by molar-refractivity contribution is 7.91. The van der Waals surface area contributed by atoms with E-state index < -0.39 is 27.1 Å². The maximum Gasteiger partial charge on any atom is 0.325 e. The molecular formula is C10H10N2O4S. The van der Waals surface area contributed by atoms with Gasteiger partial charge in [-0.1, -0.05) is 24.3 Å². The van der Waals surface area contributed by atoms with Gasteiger partial charge in [-0.15, -0.1) is 0 Å². The minimum Gasteiger partial charge on any atom is -0.351 e. The van der Waals surface area contributed by atoms with Crippen molar-refractivity contribution in [2.45, 2.75) is 11.7 Å². The lowest BCUT2D eigenvalue weighted by molar-refractivity contribution is -0.117. The van der Waals surface area contributed by atoms with Crippen LogP contribution in [0.25, 0.3) is 0 Å². The number of ketones is 1. The van der Waals surface area contributed by atoms with Gasteiger partial charge >= 0.3 is 6.03 Å². The molecular weight excluding hydrogens is 244 g/mol. The molecule has 6 nitrogen and oxygen atoms in total. The molecule has 0 radical (unpaired) electrons. The van der Waals surface area contributed by atoms with Crippen molar-refractivity contribution in [3.05, 3.63) is 35.4 Å². The van der Waals surface area contributed by atoms with E-state index >= 15 is 0 Å². The van der Waals surface area contributed by atoms with Crippen LogP contribution in [-0.2, 0) is 21.2 Å².